The number of hydrogen-bond acceptors (Lipinski definition) is 5. The minimum atomic E-state index is 0.0600. The van der Waals surface area contributed by atoms with Gasteiger partial charge >= 0.3 is 0 Å². The summed E-state index contributed by atoms with van der Waals surface area (Å²) in [6.07, 6.45) is 0. The molecule has 0 saturated heterocycles. The zero-order valence-electron chi connectivity index (χ0n) is 7.53. The number of hydrogen-bond donors (Lipinski definition) is 2. The molecule has 0 aromatic carbocycles. The Morgan fingerprint density at radius 1 is 1.58 bits per heavy atom. The van der Waals surface area contributed by atoms with Crippen LogP contribution < -0.4 is 11.3 Å². The van der Waals surface area contributed by atoms with Crippen molar-refractivity contribution >= 4 is 11.5 Å². The minimum absolute atomic E-state index is 0.0600. The van der Waals surface area contributed by atoms with Crippen LogP contribution >= 0.6 is 11.5 Å². The summed E-state index contributed by atoms with van der Waals surface area (Å²) >= 11 is 1.34. The first kappa shape index (κ1) is 9.57. The van der Waals surface area contributed by atoms with Crippen molar-refractivity contribution in [3.05, 3.63) is 11.1 Å². The third kappa shape index (κ3) is 2.00. The zero-order chi connectivity index (χ0) is 9.19. The Labute approximate surface area is 76.3 Å². The van der Waals surface area contributed by atoms with Crippen molar-refractivity contribution < 1.29 is 0 Å². The fourth-order valence-corrected chi connectivity index (χ4v) is 1.56. The standard InChI is InChI=1S/C7H14N4S/c1-7(2,3)6(9-8)5-4-12-11-10-5/h4,6,9H,8H2,1-3H3. The Hall–Kier alpha value is -0.520. The van der Waals surface area contributed by atoms with Gasteiger partial charge in [-0.2, -0.15) is 0 Å². The molecule has 0 aliphatic heterocycles. The van der Waals surface area contributed by atoms with Crippen LogP contribution in [0, 0.1) is 5.41 Å². The van der Waals surface area contributed by atoms with Crippen LogP contribution in [0.4, 0.5) is 0 Å². The van der Waals surface area contributed by atoms with Gasteiger partial charge in [0, 0.05) is 5.38 Å². The fraction of sp³-hybridized carbons (Fsp3) is 0.714. The van der Waals surface area contributed by atoms with E-state index in [1.807, 2.05) is 5.38 Å². The molecule has 0 aliphatic rings. The quantitative estimate of drug-likeness (QED) is 0.536. The van der Waals surface area contributed by atoms with Gasteiger partial charge in [0.25, 0.3) is 0 Å². The predicted molar refractivity (Wildman–Crippen MR) is 49.4 cm³/mol. The summed E-state index contributed by atoms with van der Waals surface area (Å²) in [7, 11) is 0. The second-order valence-corrected chi connectivity index (χ2v) is 4.41. The summed E-state index contributed by atoms with van der Waals surface area (Å²) in [5.41, 5.74) is 3.72. The maximum Gasteiger partial charge on any atom is 0.0943 e. The Morgan fingerprint density at radius 3 is 2.58 bits per heavy atom. The Kier molecular flexibility index (Phi) is 2.76. The topological polar surface area (TPSA) is 63.8 Å². The highest BCUT2D eigenvalue weighted by atomic mass is 32.1. The van der Waals surface area contributed by atoms with Gasteiger partial charge in [0.05, 0.1) is 11.7 Å². The molecule has 0 radical (unpaired) electrons. The largest absolute Gasteiger partial charge is 0.271 e. The lowest BCUT2D eigenvalue weighted by molar-refractivity contribution is 0.270. The molecule has 1 atom stereocenters. The third-order valence-corrected chi connectivity index (χ3v) is 2.23. The summed E-state index contributed by atoms with van der Waals surface area (Å²) < 4.78 is 3.80. The van der Waals surface area contributed by atoms with Crippen molar-refractivity contribution in [3.8, 4) is 0 Å². The Balaban J connectivity index is 2.84. The summed E-state index contributed by atoms with van der Waals surface area (Å²) in [5.74, 6) is 5.44. The van der Waals surface area contributed by atoms with E-state index in [4.69, 9.17) is 5.84 Å². The highest BCUT2D eigenvalue weighted by Gasteiger charge is 2.26. The molecule has 1 rings (SSSR count). The van der Waals surface area contributed by atoms with Gasteiger partial charge < -0.3 is 0 Å². The van der Waals surface area contributed by atoms with E-state index in [0.717, 1.165) is 5.69 Å². The van der Waals surface area contributed by atoms with Gasteiger partial charge in [-0.25, -0.2) is 0 Å². The molecule has 0 amide bonds. The van der Waals surface area contributed by atoms with Crippen LogP contribution in [-0.4, -0.2) is 9.59 Å². The number of hydrazine groups is 1. The van der Waals surface area contributed by atoms with E-state index in [1.54, 1.807) is 0 Å². The van der Waals surface area contributed by atoms with Gasteiger partial charge in [0.15, 0.2) is 0 Å². The van der Waals surface area contributed by atoms with Gasteiger partial charge in [-0.3, -0.25) is 11.3 Å². The van der Waals surface area contributed by atoms with E-state index < -0.39 is 0 Å². The van der Waals surface area contributed by atoms with Crippen LogP contribution in [0.25, 0.3) is 0 Å². The minimum Gasteiger partial charge on any atom is -0.271 e. The SMILES string of the molecule is CC(C)(C)C(NN)c1csnn1. The average Bonchev–Trinajstić information content (AvgIpc) is 2.38. The molecule has 3 N–H and O–H groups in total. The number of rotatable bonds is 2. The lowest BCUT2D eigenvalue weighted by Crippen LogP contribution is -2.37. The van der Waals surface area contributed by atoms with Crippen molar-refractivity contribution in [2.75, 3.05) is 0 Å². The van der Waals surface area contributed by atoms with Gasteiger partial charge in [0.1, 0.15) is 0 Å². The van der Waals surface area contributed by atoms with E-state index in [-0.39, 0.29) is 11.5 Å². The molecule has 0 spiro atoms. The molecule has 1 unspecified atom stereocenters. The maximum atomic E-state index is 5.44. The van der Waals surface area contributed by atoms with Crippen molar-refractivity contribution in [1.29, 1.82) is 0 Å². The van der Waals surface area contributed by atoms with Crippen molar-refractivity contribution in [2.45, 2.75) is 26.8 Å². The first-order valence-corrected chi connectivity index (χ1v) is 4.62. The molecule has 1 heterocycles. The van der Waals surface area contributed by atoms with E-state index in [9.17, 15) is 0 Å². The molecule has 12 heavy (non-hydrogen) atoms. The molecule has 0 aliphatic carbocycles. The molecular weight excluding hydrogens is 172 g/mol. The molecular formula is C7H14N4S. The van der Waals surface area contributed by atoms with E-state index >= 15 is 0 Å². The molecule has 0 bridgehead atoms. The maximum absolute atomic E-state index is 5.44. The molecule has 5 heteroatoms. The second-order valence-electron chi connectivity index (χ2n) is 3.80. The summed E-state index contributed by atoms with van der Waals surface area (Å²) in [6, 6.07) is 0.0660. The predicted octanol–water partition coefficient (Wildman–Crippen LogP) is 1.09. The molecule has 1 aromatic heterocycles. The van der Waals surface area contributed by atoms with E-state index in [0.29, 0.717) is 0 Å². The van der Waals surface area contributed by atoms with Gasteiger partial charge in [-0.15, -0.1) is 5.10 Å². The summed E-state index contributed by atoms with van der Waals surface area (Å²) in [4.78, 5) is 0. The van der Waals surface area contributed by atoms with Crippen LogP contribution in [0.5, 0.6) is 0 Å². The molecule has 68 valence electrons. The highest BCUT2D eigenvalue weighted by molar-refractivity contribution is 7.03. The lowest BCUT2D eigenvalue weighted by atomic mass is 9.86. The van der Waals surface area contributed by atoms with Crippen LogP contribution in [0.15, 0.2) is 5.38 Å². The third-order valence-electron chi connectivity index (χ3n) is 1.71. The first-order valence-electron chi connectivity index (χ1n) is 3.79. The lowest BCUT2D eigenvalue weighted by Gasteiger charge is -2.27. The number of nitrogens with zero attached hydrogens (tertiary/aromatic N) is 2. The van der Waals surface area contributed by atoms with Crippen molar-refractivity contribution in [2.24, 2.45) is 11.3 Å². The Bertz CT molecular complexity index is 226. The Morgan fingerprint density at radius 2 is 2.25 bits per heavy atom. The molecule has 0 saturated carbocycles. The zero-order valence-corrected chi connectivity index (χ0v) is 8.35. The molecule has 4 nitrogen and oxygen atoms in total. The van der Waals surface area contributed by atoms with Gasteiger partial charge in [0.2, 0.25) is 0 Å². The van der Waals surface area contributed by atoms with Crippen LogP contribution in [-0.2, 0) is 0 Å². The van der Waals surface area contributed by atoms with Crippen molar-refractivity contribution in [3.63, 3.8) is 0 Å². The summed E-state index contributed by atoms with van der Waals surface area (Å²) in [5, 5.41) is 5.89. The number of nitrogens with two attached hydrogens (primary N) is 1. The molecule has 0 fully saturated rings. The van der Waals surface area contributed by atoms with Crippen molar-refractivity contribution in [1.82, 2.24) is 15.0 Å². The normalized spacial score (nSPS) is 14.7. The first-order chi connectivity index (χ1) is 5.55. The van der Waals surface area contributed by atoms with Gasteiger partial charge in [-0.1, -0.05) is 25.3 Å². The second kappa shape index (κ2) is 3.47. The van der Waals surface area contributed by atoms with E-state index in [2.05, 4.69) is 35.8 Å². The van der Waals surface area contributed by atoms with Crippen LogP contribution in [0.3, 0.4) is 0 Å². The monoisotopic (exact) mass is 186 g/mol. The van der Waals surface area contributed by atoms with Gasteiger partial charge in [-0.05, 0) is 16.9 Å². The van der Waals surface area contributed by atoms with Crippen LogP contribution in [0.1, 0.15) is 32.5 Å². The fourth-order valence-electron chi connectivity index (χ4n) is 1.08. The summed E-state index contributed by atoms with van der Waals surface area (Å²) in [6.45, 7) is 6.32. The highest BCUT2D eigenvalue weighted by Crippen LogP contribution is 2.30. The van der Waals surface area contributed by atoms with Crippen LogP contribution in [0.2, 0.25) is 0 Å². The average molecular weight is 186 g/mol. The smallest absolute Gasteiger partial charge is 0.0943 e. The molecule has 1 aromatic rings. The van der Waals surface area contributed by atoms with E-state index in [1.165, 1.54) is 11.5 Å². The number of nitrogens with one attached hydrogen (secondary N) is 1. The number of aromatic nitrogens is 2.